The lowest BCUT2D eigenvalue weighted by molar-refractivity contribution is -0.140. The minimum Gasteiger partial charge on any atom is -0.488 e. The first-order valence-electron chi connectivity index (χ1n) is 10.8. The third kappa shape index (κ3) is 3.91. The van der Waals surface area contributed by atoms with Crippen LogP contribution in [0, 0.1) is 23.7 Å². The van der Waals surface area contributed by atoms with E-state index in [4.69, 9.17) is 27.9 Å². The zero-order chi connectivity index (χ0) is 23.3. The number of benzene rings is 2. The van der Waals surface area contributed by atoms with Crippen LogP contribution in [0.1, 0.15) is 17.5 Å². The summed E-state index contributed by atoms with van der Waals surface area (Å²) in [4.78, 5) is 27.8. The summed E-state index contributed by atoms with van der Waals surface area (Å²) >= 11 is 12.1. The number of halogens is 2. The van der Waals surface area contributed by atoms with Gasteiger partial charge in [-0.25, -0.2) is 0 Å². The molecule has 8 heteroatoms. The number of nitrogens with zero attached hydrogens (tertiary/aromatic N) is 3. The number of rotatable bonds is 6. The maximum absolute atomic E-state index is 12.9. The number of carbonyl (C=O) groups is 2. The normalized spacial score (nSPS) is 25.4. The van der Waals surface area contributed by atoms with Crippen LogP contribution in [0.25, 0.3) is 0 Å². The van der Waals surface area contributed by atoms with Crippen molar-refractivity contribution in [2.24, 2.45) is 28.8 Å². The minimum absolute atomic E-state index is 0.154. The van der Waals surface area contributed by atoms with E-state index in [0.29, 0.717) is 21.4 Å². The van der Waals surface area contributed by atoms with E-state index in [1.54, 1.807) is 12.1 Å². The van der Waals surface area contributed by atoms with Crippen molar-refractivity contribution < 1.29 is 14.3 Å². The van der Waals surface area contributed by atoms with Crippen LogP contribution in [0.3, 0.4) is 0 Å². The van der Waals surface area contributed by atoms with Crippen molar-refractivity contribution in [2.45, 2.75) is 13.0 Å². The lowest BCUT2D eigenvalue weighted by Crippen LogP contribution is -2.28. The van der Waals surface area contributed by atoms with Gasteiger partial charge in [0, 0.05) is 31.4 Å². The van der Waals surface area contributed by atoms with Gasteiger partial charge in [0.15, 0.2) is 0 Å². The van der Waals surface area contributed by atoms with Gasteiger partial charge in [-0.05, 0) is 48.1 Å². The molecule has 2 aliphatic carbocycles. The van der Waals surface area contributed by atoms with E-state index < -0.39 is 0 Å². The molecule has 0 spiro atoms. The number of ether oxygens (including phenoxy) is 1. The number of hydrogen-bond acceptors (Lipinski definition) is 5. The Morgan fingerprint density at radius 1 is 1.03 bits per heavy atom. The second kappa shape index (κ2) is 8.50. The Bertz CT molecular complexity index is 1160. The van der Waals surface area contributed by atoms with Gasteiger partial charge in [0.25, 0.3) is 11.8 Å². The fourth-order valence-electron chi connectivity index (χ4n) is 4.94. The molecule has 1 heterocycles. The molecule has 1 saturated heterocycles. The first kappa shape index (κ1) is 22.0. The first-order valence-corrected chi connectivity index (χ1v) is 11.6. The van der Waals surface area contributed by atoms with Crippen molar-refractivity contribution in [2.75, 3.05) is 19.0 Å². The highest BCUT2D eigenvalue weighted by Gasteiger charge is 2.59. The number of carbonyl (C=O) groups excluding carboxylic acids is 2. The van der Waals surface area contributed by atoms with Crippen LogP contribution in [-0.2, 0) is 16.2 Å². The maximum atomic E-state index is 12.9. The monoisotopic (exact) mass is 483 g/mol. The van der Waals surface area contributed by atoms with Crippen LogP contribution in [0.2, 0.25) is 10.0 Å². The summed E-state index contributed by atoms with van der Waals surface area (Å²) in [5.74, 6) is -0.0702. The lowest BCUT2D eigenvalue weighted by atomic mass is 9.85. The quantitative estimate of drug-likeness (QED) is 0.337. The van der Waals surface area contributed by atoms with Gasteiger partial charge in [-0.1, -0.05) is 41.4 Å². The highest BCUT2D eigenvalue weighted by molar-refractivity contribution is 6.42. The van der Waals surface area contributed by atoms with E-state index in [1.807, 2.05) is 43.3 Å². The second-order valence-electron chi connectivity index (χ2n) is 8.89. The number of amides is 2. The molecule has 2 aromatic rings. The summed E-state index contributed by atoms with van der Waals surface area (Å²) in [5, 5.41) is 6.29. The van der Waals surface area contributed by atoms with Crippen molar-refractivity contribution >= 4 is 46.9 Å². The molecule has 2 fully saturated rings. The molecule has 4 atom stereocenters. The van der Waals surface area contributed by atoms with Crippen molar-refractivity contribution in [1.82, 2.24) is 5.01 Å². The number of allylic oxidation sites excluding steroid dienone is 2. The highest BCUT2D eigenvalue weighted by atomic mass is 35.5. The molecule has 0 unspecified atom stereocenters. The van der Waals surface area contributed by atoms with Crippen molar-refractivity contribution in [1.29, 1.82) is 0 Å². The van der Waals surface area contributed by atoms with Crippen molar-refractivity contribution in [3.63, 3.8) is 0 Å². The van der Waals surface area contributed by atoms with Crippen LogP contribution in [0.4, 0.5) is 5.69 Å². The molecule has 6 nitrogen and oxygen atoms in total. The summed E-state index contributed by atoms with van der Waals surface area (Å²) in [6, 6.07) is 11.0. The molecule has 1 saturated carbocycles. The number of hydrogen-bond donors (Lipinski definition) is 0. The van der Waals surface area contributed by atoms with Gasteiger partial charge in [0.2, 0.25) is 0 Å². The Balaban J connectivity index is 1.38. The van der Waals surface area contributed by atoms with E-state index in [2.05, 4.69) is 17.3 Å². The Labute approximate surface area is 202 Å². The lowest BCUT2D eigenvalue weighted by Gasteiger charge is -2.17. The van der Waals surface area contributed by atoms with E-state index >= 15 is 0 Å². The molecule has 3 aliphatic rings. The van der Waals surface area contributed by atoms with Crippen LogP contribution in [-0.4, -0.2) is 37.1 Å². The van der Waals surface area contributed by atoms with E-state index in [1.165, 1.54) is 6.21 Å². The van der Waals surface area contributed by atoms with Crippen molar-refractivity contribution in [3.05, 3.63) is 69.7 Å². The summed E-state index contributed by atoms with van der Waals surface area (Å²) < 4.78 is 6.08. The molecule has 0 aromatic heterocycles. The summed E-state index contributed by atoms with van der Waals surface area (Å²) in [5.41, 5.74) is 2.48. The fourth-order valence-corrected chi connectivity index (χ4v) is 5.26. The summed E-state index contributed by atoms with van der Waals surface area (Å²) in [6.07, 6.45) is 6.55. The third-order valence-electron chi connectivity index (χ3n) is 6.65. The van der Waals surface area contributed by atoms with Gasteiger partial charge in [-0.15, -0.1) is 0 Å². The minimum atomic E-state index is -0.272. The Morgan fingerprint density at radius 3 is 2.36 bits per heavy atom. The predicted octanol–water partition coefficient (Wildman–Crippen LogP) is 4.78. The molecular formula is C25H23Cl2N3O3. The van der Waals surface area contributed by atoms with E-state index in [0.717, 1.165) is 22.7 Å². The molecule has 5 rings (SSSR count). The Morgan fingerprint density at radius 2 is 1.73 bits per heavy atom. The average molecular weight is 484 g/mol. The fraction of sp³-hybridized carbons (Fsp3) is 0.320. The molecule has 0 N–H and O–H groups in total. The maximum Gasteiger partial charge on any atom is 0.254 e. The van der Waals surface area contributed by atoms with Crippen LogP contribution >= 0.6 is 23.2 Å². The molecule has 2 amide bonds. The standard InChI is InChI=1S/C25H23Cl2N3O3/c1-29(2)18-7-6-17(21(11-18)33-13-14-3-8-19(26)20(27)9-14)12-28-30-24(31)22-15-4-5-16(10-15)23(22)25(30)32/h3-9,11-12,15-16,22-23H,10,13H2,1-2H3/t15-,16-,22-,23+/m0/s1. The number of imide groups is 1. The van der Waals surface area contributed by atoms with Crippen molar-refractivity contribution in [3.8, 4) is 5.75 Å². The third-order valence-corrected chi connectivity index (χ3v) is 7.39. The zero-order valence-electron chi connectivity index (χ0n) is 18.2. The average Bonchev–Trinajstić information content (AvgIpc) is 3.47. The predicted molar refractivity (Wildman–Crippen MR) is 129 cm³/mol. The molecular weight excluding hydrogens is 461 g/mol. The van der Waals surface area contributed by atoms with Gasteiger partial charge in [0.1, 0.15) is 12.4 Å². The number of hydrazone groups is 1. The molecule has 1 aliphatic heterocycles. The Kier molecular flexibility index (Phi) is 5.67. The van der Waals surface area contributed by atoms with Gasteiger partial charge in [-0.3, -0.25) is 9.59 Å². The smallest absolute Gasteiger partial charge is 0.254 e. The molecule has 170 valence electrons. The zero-order valence-corrected chi connectivity index (χ0v) is 19.8. The SMILES string of the molecule is CN(C)c1ccc(C=NN2C(=O)[C@@H]3[C@H](C2=O)[C@H]2C=C[C@H]3C2)c(OCc2ccc(Cl)c(Cl)c2)c1. The first-order chi connectivity index (χ1) is 15.8. The number of fused-ring (bicyclic) bond motifs is 5. The Hall–Kier alpha value is -2.83. The summed E-state index contributed by atoms with van der Waals surface area (Å²) in [6.45, 7) is 0.273. The van der Waals surface area contributed by atoms with E-state index in [9.17, 15) is 9.59 Å². The molecule has 2 bridgehead atoms. The van der Waals surface area contributed by atoms with Crippen LogP contribution in [0.5, 0.6) is 5.75 Å². The largest absolute Gasteiger partial charge is 0.488 e. The van der Waals surface area contributed by atoms with Crippen LogP contribution in [0.15, 0.2) is 53.7 Å². The molecule has 33 heavy (non-hydrogen) atoms. The number of anilines is 1. The van der Waals surface area contributed by atoms with Gasteiger partial charge >= 0.3 is 0 Å². The highest BCUT2D eigenvalue weighted by Crippen LogP contribution is 2.52. The van der Waals surface area contributed by atoms with Gasteiger partial charge in [0.05, 0.1) is 28.1 Å². The second-order valence-corrected chi connectivity index (χ2v) is 9.70. The summed E-state index contributed by atoms with van der Waals surface area (Å²) in [7, 11) is 3.88. The van der Waals surface area contributed by atoms with Gasteiger partial charge in [-0.2, -0.15) is 10.1 Å². The topological polar surface area (TPSA) is 62.2 Å². The molecule has 0 radical (unpaired) electrons. The van der Waals surface area contributed by atoms with Crippen LogP contribution < -0.4 is 9.64 Å². The van der Waals surface area contributed by atoms with Gasteiger partial charge < -0.3 is 9.64 Å². The molecule has 2 aromatic carbocycles. The van der Waals surface area contributed by atoms with E-state index in [-0.39, 0.29) is 42.1 Å².